The quantitative estimate of drug-likeness (QED) is 0.609. The number of hydrogen-bond acceptors (Lipinski definition) is 4. The predicted molar refractivity (Wildman–Crippen MR) is 67.8 cm³/mol. The third-order valence-electron chi connectivity index (χ3n) is 3.89. The maximum absolute atomic E-state index is 13.5. The number of non-ortho nitro benzene ring substituents is 1. The Balaban J connectivity index is 1.94. The lowest BCUT2D eigenvalue weighted by Crippen LogP contribution is -2.48. The van der Waals surface area contributed by atoms with Crippen LogP contribution in [0.1, 0.15) is 19.3 Å². The zero-order chi connectivity index (χ0) is 13.4. The van der Waals surface area contributed by atoms with Crippen LogP contribution in [0.4, 0.5) is 15.8 Å². The van der Waals surface area contributed by atoms with Crippen LogP contribution >= 0.6 is 0 Å². The van der Waals surface area contributed by atoms with Crippen LogP contribution in [0.15, 0.2) is 18.2 Å². The van der Waals surface area contributed by atoms with Crippen LogP contribution in [0, 0.1) is 15.9 Å². The normalized spacial score (nSPS) is 26.3. The van der Waals surface area contributed by atoms with Gasteiger partial charge in [-0.3, -0.25) is 10.1 Å². The van der Waals surface area contributed by atoms with E-state index in [1.165, 1.54) is 12.1 Å². The first-order valence-corrected chi connectivity index (χ1v) is 6.48. The Bertz CT molecular complexity index is 509. The molecule has 1 aromatic carbocycles. The van der Waals surface area contributed by atoms with Crippen molar-refractivity contribution >= 4 is 11.4 Å². The third kappa shape index (κ3) is 2.28. The fourth-order valence-electron chi connectivity index (χ4n) is 3.08. The molecule has 102 valence electrons. The second-order valence-electron chi connectivity index (χ2n) is 5.03. The minimum absolute atomic E-state index is 0.177. The number of nitrogens with zero attached hydrogens (tertiary/aromatic N) is 2. The summed E-state index contributed by atoms with van der Waals surface area (Å²) in [4.78, 5) is 12.3. The highest BCUT2D eigenvalue weighted by molar-refractivity contribution is 5.55. The lowest BCUT2D eigenvalue weighted by molar-refractivity contribution is -0.385. The van der Waals surface area contributed by atoms with E-state index in [-0.39, 0.29) is 17.8 Å². The standard InChI is InChI=1S/C13H15FN2O3/c14-9-6-10(8-11(7-9)16(17)18)15-4-5-19-13-3-1-2-12(13)15/h6-8,12-13H,1-5H2. The Morgan fingerprint density at radius 2 is 2.21 bits per heavy atom. The summed E-state index contributed by atoms with van der Waals surface area (Å²) >= 11 is 0. The van der Waals surface area contributed by atoms with Crippen molar-refractivity contribution in [2.75, 3.05) is 18.1 Å². The molecule has 0 bridgehead atoms. The van der Waals surface area contributed by atoms with Crippen LogP contribution in [0.25, 0.3) is 0 Å². The molecule has 1 aromatic rings. The highest BCUT2D eigenvalue weighted by atomic mass is 19.1. The van der Waals surface area contributed by atoms with Gasteiger partial charge in [0.15, 0.2) is 0 Å². The van der Waals surface area contributed by atoms with Gasteiger partial charge in [-0.15, -0.1) is 0 Å². The zero-order valence-electron chi connectivity index (χ0n) is 10.4. The fraction of sp³-hybridized carbons (Fsp3) is 0.538. The highest BCUT2D eigenvalue weighted by Crippen LogP contribution is 2.34. The number of rotatable bonds is 2. The van der Waals surface area contributed by atoms with Crippen molar-refractivity contribution in [3.8, 4) is 0 Å². The molecule has 1 aliphatic heterocycles. The molecule has 2 aliphatic rings. The summed E-state index contributed by atoms with van der Waals surface area (Å²) in [6.45, 7) is 1.24. The van der Waals surface area contributed by atoms with Gasteiger partial charge in [0.1, 0.15) is 5.82 Å². The molecule has 1 aliphatic carbocycles. The molecule has 5 nitrogen and oxygen atoms in total. The average Bonchev–Trinajstić information content (AvgIpc) is 2.85. The third-order valence-corrected chi connectivity index (χ3v) is 3.89. The fourth-order valence-corrected chi connectivity index (χ4v) is 3.08. The second-order valence-corrected chi connectivity index (χ2v) is 5.03. The lowest BCUT2D eigenvalue weighted by atomic mass is 10.1. The number of benzene rings is 1. The van der Waals surface area contributed by atoms with Crippen molar-refractivity contribution in [1.82, 2.24) is 0 Å². The molecule has 0 amide bonds. The molecule has 3 rings (SSSR count). The number of fused-ring (bicyclic) bond motifs is 1. The van der Waals surface area contributed by atoms with Crippen molar-refractivity contribution in [3.63, 3.8) is 0 Å². The number of anilines is 1. The topological polar surface area (TPSA) is 55.6 Å². The number of hydrogen-bond donors (Lipinski definition) is 0. The largest absolute Gasteiger partial charge is 0.374 e. The molecule has 0 aromatic heterocycles. The van der Waals surface area contributed by atoms with E-state index in [4.69, 9.17) is 4.74 Å². The minimum Gasteiger partial charge on any atom is -0.374 e. The van der Waals surface area contributed by atoms with Gasteiger partial charge in [0.05, 0.1) is 29.7 Å². The lowest BCUT2D eigenvalue weighted by Gasteiger charge is -2.39. The van der Waals surface area contributed by atoms with E-state index in [1.54, 1.807) is 0 Å². The molecule has 6 heteroatoms. The molecular weight excluding hydrogens is 251 g/mol. The molecule has 0 N–H and O–H groups in total. The average molecular weight is 266 g/mol. The second kappa shape index (κ2) is 4.77. The van der Waals surface area contributed by atoms with Gasteiger partial charge >= 0.3 is 0 Å². The van der Waals surface area contributed by atoms with Gasteiger partial charge in [-0.1, -0.05) is 0 Å². The van der Waals surface area contributed by atoms with E-state index in [0.717, 1.165) is 25.3 Å². The van der Waals surface area contributed by atoms with Crippen LogP contribution in [0.5, 0.6) is 0 Å². The molecule has 0 radical (unpaired) electrons. The van der Waals surface area contributed by atoms with Crippen LogP contribution < -0.4 is 4.90 Å². The van der Waals surface area contributed by atoms with Crippen molar-refractivity contribution < 1.29 is 14.1 Å². The van der Waals surface area contributed by atoms with E-state index < -0.39 is 10.7 Å². The Hall–Kier alpha value is -1.69. The predicted octanol–water partition coefficient (Wildman–Crippen LogP) is 2.49. The summed E-state index contributed by atoms with van der Waals surface area (Å²) in [5.41, 5.74) is 0.392. The Morgan fingerprint density at radius 3 is 3.00 bits per heavy atom. The summed E-state index contributed by atoms with van der Waals surface area (Å²) in [5, 5.41) is 10.8. The zero-order valence-corrected chi connectivity index (χ0v) is 10.4. The molecule has 1 saturated heterocycles. The van der Waals surface area contributed by atoms with Crippen LogP contribution in [0.2, 0.25) is 0 Å². The van der Waals surface area contributed by atoms with Gasteiger partial charge in [0.2, 0.25) is 0 Å². The summed E-state index contributed by atoms with van der Waals surface area (Å²) in [7, 11) is 0. The Labute approximate surface area is 110 Å². The number of nitro groups is 1. The van der Waals surface area contributed by atoms with Gasteiger partial charge in [-0.05, 0) is 25.3 Å². The van der Waals surface area contributed by atoms with E-state index in [1.807, 2.05) is 0 Å². The van der Waals surface area contributed by atoms with Gasteiger partial charge < -0.3 is 9.64 Å². The summed E-state index contributed by atoms with van der Waals surface area (Å²) in [5.74, 6) is -0.565. The molecule has 0 spiro atoms. The monoisotopic (exact) mass is 266 g/mol. The number of morpholine rings is 1. The minimum atomic E-state index is -0.565. The van der Waals surface area contributed by atoms with Crippen LogP contribution in [-0.4, -0.2) is 30.2 Å². The summed E-state index contributed by atoms with van der Waals surface area (Å²) < 4.78 is 19.2. The molecule has 2 atom stereocenters. The molecule has 1 heterocycles. The maximum Gasteiger partial charge on any atom is 0.274 e. The summed E-state index contributed by atoms with van der Waals surface area (Å²) in [6.07, 6.45) is 3.27. The van der Waals surface area contributed by atoms with Gasteiger partial charge in [-0.25, -0.2) is 4.39 Å². The number of ether oxygens (including phenoxy) is 1. The summed E-state index contributed by atoms with van der Waals surface area (Å²) in [6, 6.07) is 3.99. The maximum atomic E-state index is 13.5. The van der Waals surface area contributed by atoms with E-state index in [0.29, 0.717) is 18.8 Å². The highest BCUT2D eigenvalue weighted by Gasteiger charge is 2.36. The van der Waals surface area contributed by atoms with Crippen LogP contribution in [0.3, 0.4) is 0 Å². The van der Waals surface area contributed by atoms with Gasteiger partial charge in [0, 0.05) is 18.3 Å². The van der Waals surface area contributed by atoms with E-state index >= 15 is 0 Å². The number of halogens is 1. The molecule has 19 heavy (non-hydrogen) atoms. The van der Waals surface area contributed by atoms with Crippen molar-refractivity contribution in [1.29, 1.82) is 0 Å². The SMILES string of the molecule is O=[N+]([O-])c1cc(F)cc(N2CCOC3CCCC32)c1. The first kappa shape index (κ1) is 12.3. The first-order valence-electron chi connectivity index (χ1n) is 6.48. The molecule has 2 unspecified atom stereocenters. The number of nitro benzene ring substituents is 1. The Morgan fingerprint density at radius 1 is 1.37 bits per heavy atom. The van der Waals surface area contributed by atoms with E-state index in [2.05, 4.69) is 4.90 Å². The smallest absolute Gasteiger partial charge is 0.274 e. The van der Waals surface area contributed by atoms with Gasteiger partial charge in [-0.2, -0.15) is 0 Å². The van der Waals surface area contributed by atoms with E-state index in [9.17, 15) is 14.5 Å². The van der Waals surface area contributed by atoms with Crippen molar-refractivity contribution in [2.24, 2.45) is 0 Å². The first-order chi connectivity index (χ1) is 9.15. The van der Waals surface area contributed by atoms with Crippen LogP contribution in [-0.2, 0) is 4.74 Å². The van der Waals surface area contributed by atoms with Crippen molar-refractivity contribution in [2.45, 2.75) is 31.4 Å². The molecule has 1 saturated carbocycles. The van der Waals surface area contributed by atoms with Crippen molar-refractivity contribution in [3.05, 3.63) is 34.1 Å². The molecular formula is C13H15FN2O3. The Kier molecular flexibility index (Phi) is 3.10. The van der Waals surface area contributed by atoms with Gasteiger partial charge in [0.25, 0.3) is 5.69 Å². The molecule has 2 fully saturated rings.